The Labute approximate surface area is 174 Å². The molecule has 1 aliphatic carbocycles. The van der Waals surface area contributed by atoms with Gasteiger partial charge in [-0.15, -0.1) is 0 Å². The first kappa shape index (κ1) is 23.4. The summed E-state index contributed by atoms with van der Waals surface area (Å²) in [6.45, 7) is 11.5. The van der Waals surface area contributed by atoms with Crippen molar-refractivity contribution in [2.24, 2.45) is 17.3 Å². The maximum atomic E-state index is 12.6. The fourth-order valence-corrected chi connectivity index (χ4v) is 3.84. The van der Waals surface area contributed by atoms with Crippen LogP contribution >= 0.6 is 0 Å². The molecule has 0 saturated heterocycles. The first-order valence-electron chi connectivity index (χ1n) is 11.2. The van der Waals surface area contributed by atoms with Crippen LogP contribution in [-0.2, 0) is 16.1 Å². The summed E-state index contributed by atoms with van der Waals surface area (Å²) in [6, 6.07) is 1.59. The number of carbonyl (C=O) groups is 1. The third-order valence-electron chi connectivity index (χ3n) is 6.10. The van der Waals surface area contributed by atoms with E-state index in [1.165, 1.54) is 10.6 Å². The Bertz CT molecular complexity index is 789. The summed E-state index contributed by atoms with van der Waals surface area (Å²) in [6.07, 6.45) is 7.89. The summed E-state index contributed by atoms with van der Waals surface area (Å²) in [5, 5.41) is 0. The Balaban J connectivity index is 1.70. The van der Waals surface area contributed by atoms with Gasteiger partial charge >= 0.3 is 11.7 Å². The number of esters is 1. The summed E-state index contributed by atoms with van der Waals surface area (Å²) >= 11 is 0. The molecule has 0 N–H and O–H groups in total. The summed E-state index contributed by atoms with van der Waals surface area (Å²) < 4.78 is 8.61. The molecule has 0 aromatic carbocycles. The number of aromatic nitrogens is 2. The molecule has 164 valence electrons. The van der Waals surface area contributed by atoms with Gasteiger partial charge in [0.05, 0.1) is 12.0 Å². The van der Waals surface area contributed by atoms with Gasteiger partial charge in [-0.3, -0.25) is 14.2 Å². The topological polar surface area (TPSA) is 70.3 Å². The fraction of sp³-hybridized carbons (Fsp3) is 0.783. The Morgan fingerprint density at radius 1 is 1.14 bits per heavy atom. The Morgan fingerprint density at radius 2 is 1.79 bits per heavy atom. The summed E-state index contributed by atoms with van der Waals surface area (Å²) in [5.74, 6) is 0.609. The van der Waals surface area contributed by atoms with Crippen LogP contribution < -0.4 is 11.2 Å². The lowest BCUT2D eigenvalue weighted by Crippen LogP contribution is -2.38. The summed E-state index contributed by atoms with van der Waals surface area (Å²) in [4.78, 5) is 36.8. The molecule has 1 saturated carbocycles. The SMILES string of the molecule is CC(C)CC(C)(C(=O)OCCCCCCn1ccc(=O)n(C2CC2)c1=O)C(C)C. The quantitative estimate of drug-likeness (QED) is 0.386. The van der Waals surface area contributed by atoms with Crippen molar-refractivity contribution in [1.82, 2.24) is 9.13 Å². The van der Waals surface area contributed by atoms with Gasteiger partial charge in [-0.25, -0.2) is 4.79 Å². The van der Waals surface area contributed by atoms with E-state index in [4.69, 9.17) is 4.74 Å². The van der Waals surface area contributed by atoms with Gasteiger partial charge in [-0.2, -0.15) is 0 Å². The molecule has 6 nitrogen and oxygen atoms in total. The van der Waals surface area contributed by atoms with Gasteiger partial charge in [0.2, 0.25) is 0 Å². The molecular formula is C23H38N2O4. The van der Waals surface area contributed by atoms with Crippen molar-refractivity contribution < 1.29 is 9.53 Å². The van der Waals surface area contributed by atoms with Crippen molar-refractivity contribution in [2.75, 3.05) is 6.61 Å². The number of aryl methyl sites for hydroxylation is 1. The van der Waals surface area contributed by atoms with E-state index in [1.54, 1.807) is 10.8 Å². The molecule has 29 heavy (non-hydrogen) atoms. The van der Waals surface area contributed by atoms with Gasteiger partial charge in [-0.05, 0) is 57.3 Å². The highest BCUT2D eigenvalue weighted by Gasteiger charge is 2.38. The van der Waals surface area contributed by atoms with E-state index in [2.05, 4.69) is 27.7 Å². The molecule has 0 amide bonds. The minimum atomic E-state index is -0.431. The lowest BCUT2D eigenvalue weighted by Gasteiger charge is -2.32. The van der Waals surface area contributed by atoms with Gasteiger partial charge in [0.15, 0.2) is 0 Å². The van der Waals surface area contributed by atoms with Crippen LogP contribution in [0.15, 0.2) is 21.9 Å². The lowest BCUT2D eigenvalue weighted by molar-refractivity contribution is -0.159. The molecule has 0 radical (unpaired) electrons. The number of ether oxygens (including phenoxy) is 1. The van der Waals surface area contributed by atoms with Crippen LogP contribution in [0.3, 0.4) is 0 Å². The smallest absolute Gasteiger partial charge is 0.331 e. The zero-order valence-electron chi connectivity index (χ0n) is 18.8. The number of hydrogen-bond donors (Lipinski definition) is 0. The average molecular weight is 407 g/mol. The molecule has 6 heteroatoms. The number of unbranched alkanes of at least 4 members (excludes halogenated alkanes) is 3. The maximum absolute atomic E-state index is 12.6. The van der Waals surface area contributed by atoms with Crippen LogP contribution in [0.5, 0.6) is 0 Å². The number of hydrogen-bond acceptors (Lipinski definition) is 4. The molecule has 1 aromatic rings. The van der Waals surface area contributed by atoms with Crippen LogP contribution in [0.25, 0.3) is 0 Å². The van der Waals surface area contributed by atoms with Crippen molar-refractivity contribution in [1.29, 1.82) is 0 Å². The van der Waals surface area contributed by atoms with E-state index in [-0.39, 0.29) is 29.2 Å². The van der Waals surface area contributed by atoms with Gasteiger partial charge < -0.3 is 9.30 Å². The van der Waals surface area contributed by atoms with Crippen LogP contribution in [0, 0.1) is 17.3 Å². The first-order chi connectivity index (χ1) is 13.7. The van der Waals surface area contributed by atoms with E-state index >= 15 is 0 Å². The maximum Gasteiger partial charge on any atom is 0.331 e. The second kappa shape index (κ2) is 10.3. The molecule has 1 heterocycles. The zero-order valence-corrected chi connectivity index (χ0v) is 18.8. The largest absolute Gasteiger partial charge is 0.465 e. The minimum absolute atomic E-state index is 0.0879. The highest BCUT2D eigenvalue weighted by molar-refractivity contribution is 5.76. The van der Waals surface area contributed by atoms with Crippen LogP contribution in [0.2, 0.25) is 0 Å². The van der Waals surface area contributed by atoms with E-state index in [0.29, 0.717) is 19.1 Å². The number of rotatable bonds is 12. The first-order valence-corrected chi connectivity index (χ1v) is 11.2. The van der Waals surface area contributed by atoms with E-state index in [0.717, 1.165) is 44.9 Å². The third kappa shape index (κ3) is 6.31. The average Bonchev–Trinajstić information content (AvgIpc) is 3.46. The molecule has 0 aliphatic heterocycles. The highest BCUT2D eigenvalue weighted by atomic mass is 16.5. The third-order valence-corrected chi connectivity index (χ3v) is 6.10. The lowest BCUT2D eigenvalue weighted by atomic mass is 9.73. The molecular weight excluding hydrogens is 368 g/mol. The molecule has 1 fully saturated rings. The number of nitrogens with zero attached hydrogens (tertiary/aromatic N) is 2. The Hall–Kier alpha value is -1.85. The van der Waals surface area contributed by atoms with Crippen molar-refractivity contribution in [3.05, 3.63) is 33.1 Å². The van der Waals surface area contributed by atoms with Crippen molar-refractivity contribution in [2.45, 2.75) is 92.2 Å². The number of carbonyl (C=O) groups excluding carboxylic acids is 1. The van der Waals surface area contributed by atoms with Crippen molar-refractivity contribution in [3.63, 3.8) is 0 Å². The van der Waals surface area contributed by atoms with Crippen LogP contribution in [0.4, 0.5) is 0 Å². The van der Waals surface area contributed by atoms with Gasteiger partial charge in [-0.1, -0.05) is 34.1 Å². The van der Waals surface area contributed by atoms with Gasteiger partial charge in [0, 0.05) is 24.8 Å². The van der Waals surface area contributed by atoms with Gasteiger partial charge in [0.1, 0.15) is 0 Å². The Morgan fingerprint density at radius 3 is 2.38 bits per heavy atom. The fourth-order valence-electron chi connectivity index (χ4n) is 3.84. The molecule has 0 spiro atoms. The van der Waals surface area contributed by atoms with E-state index in [9.17, 15) is 14.4 Å². The zero-order chi connectivity index (χ0) is 21.6. The molecule has 1 unspecified atom stereocenters. The van der Waals surface area contributed by atoms with Gasteiger partial charge in [0.25, 0.3) is 5.56 Å². The highest BCUT2D eigenvalue weighted by Crippen LogP contribution is 2.35. The van der Waals surface area contributed by atoms with E-state index in [1.807, 2.05) is 6.92 Å². The predicted molar refractivity (Wildman–Crippen MR) is 115 cm³/mol. The Kier molecular flexibility index (Phi) is 8.29. The molecule has 1 atom stereocenters. The monoisotopic (exact) mass is 406 g/mol. The standard InChI is InChI=1S/C23H38N2O4/c1-17(2)16-23(5,18(3)4)21(27)29-15-9-7-6-8-13-24-14-12-20(26)25(22(24)28)19-10-11-19/h12,14,17-19H,6-11,13,15-16H2,1-5H3. The summed E-state index contributed by atoms with van der Waals surface area (Å²) in [5.41, 5.74) is -0.812. The predicted octanol–water partition coefficient (Wildman–Crippen LogP) is 4.16. The normalized spacial score (nSPS) is 16.2. The van der Waals surface area contributed by atoms with E-state index < -0.39 is 5.41 Å². The molecule has 1 aromatic heterocycles. The van der Waals surface area contributed by atoms with Crippen LogP contribution in [-0.4, -0.2) is 21.7 Å². The minimum Gasteiger partial charge on any atom is -0.465 e. The molecule has 0 bridgehead atoms. The summed E-state index contributed by atoms with van der Waals surface area (Å²) in [7, 11) is 0. The molecule has 1 aliphatic rings. The van der Waals surface area contributed by atoms with Crippen molar-refractivity contribution >= 4 is 5.97 Å². The van der Waals surface area contributed by atoms with Crippen LogP contribution in [0.1, 0.15) is 85.6 Å². The second-order valence-electron chi connectivity index (χ2n) is 9.45. The second-order valence-corrected chi connectivity index (χ2v) is 9.45. The molecule has 2 rings (SSSR count). The van der Waals surface area contributed by atoms with Crippen molar-refractivity contribution in [3.8, 4) is 0 Å².